The molecule has 1 aromatic rings. The van der Waals surface area contributed by atoms with E-state index in [4.69, 9.17) is 10.00 Å². The predicted molar refractivity (Wildman–Crippen MR) is 81.6 cm³/mol. The van der Waals surface area contributed by atoms with E-state index in [1.165, 1.54) is 36.8 Å². The second-order valence-electron chi connectivity index (χ2n) is 5.65. The number of hydrogen-bond acceptors (Lipinski definition) is 3. The number of rotatable bonds is 4. The van der Waals surface area contributed by atoms with Crippen molar-refractivity contribution in [3.05, 3.63) is 27.7 Å². The molecule has 0 unspecified atom stereocenters. The summed E-state index contributed by atoms with van der Waals surface area (Å²) in [4.78, 5) is 2.32. The van der Waals surface area contributed by atoms with Crippen molar-refractivity contribution in [2.45, 2.75) is 44.7 Å². The minimum absolute atomic E-state index is 0.506. The van der Waals surface area contributed by atoms with Crippen molar-refractivity contribution in [2.75, 3.05) is 13.2 Å². The molecule has 1 aromatic carbocycles. The Bertz CT molecular complexity index is 532. The number of ether oxygens (including phenoxy) is 1. The highest BCUT2D eigenvalue weighted by Gasteiger charge is 2.25. The van der Waals surface area contributed by atoms with E-state index < -0.39 is 0 Å². The summed E-state index contributed by atoms with van der Waals surface area (Å²) in [6.07, 6.45) is 6.01. The molecule has 0 atom stereocenters. The summed E-state index contributed by atoms with van der Waals surface area (Å²) in [5.74, 6) is 1.05. The van der Waals surface area contributed by atoms with E-state index in [0.29, 0.717) is 12.6 Å². The number of benzene rings is 1. The molecule has 3 nitrogen and oxygen atoms in total. The van der Waals surface area contributed by atoms with Crippen LogP contribution in [0.2, 0.25) is 0 Å². The Balaban J connectivity index is 1.83. The highest BCUT2D eigenvalue weighted by molar-refractivity contribution is 9.10. The fraction of sp³-hybridized carbons (Fsp3) is 0.562. The molecule has 0 aromatic heterocycles. The van der Waals surface area contributed by atoms with Crippen molar-refractivity contribution in [2.24, 2.45) is 0 Å². The molecule has 0 N–H and O–H groups in total. The maximum absolute atomic E-state index is 9.09. The van der Waals surface area contributed by atoms with Gasteiger partial charge in [-0.25, -0.2) is 0 Å². The zero-order valence-corrected chi connectivity index (χ0v) is 13.2. The van der Waals surface area contributed by atoms with Crippen molar-refractivity contribution in [3.8, 4) is 11.8 Å². The van der Waals surface area contributed by atoms with Crippen molar-refractivity contribution < 1.29 is 4.74 Å². The van der Waals surface area contributed by atoms with Gasteiger partial charge >= 0.3 is 0 Å². The molecule has 1 aliphatic heterocycles. The number of halogens is 1. The van der Waals surface area contributed by atoms with Crippen LogP contribution < -0.4 is 4.74 Å². The molecule has 4 heteroatoms. The van der Waals surface area contributed by atoms with Gasteiger partial charge in [0, 0.05) is 29.0 Å². The monoisotopic (exact) mass is 334 g/mol. The lowest BCUT2D eigenvalue weighted by atomic mass is 10.1. The van der Waals surface area contributed by atoms with Crippen molar-refractivity contribution >= 4 is 15.9 Å². The van der Waals surface area contributed by atoms with E-state index in [2.05, 4.69) is 39.0 Å². The summed E-state index contributed by atoms with van der Waals surface area (Å²) in [5, 5.41) is 9.09. The molecule has 0 saturated heterocycles. The average molecular weight is 335 g/mol. The summed E-state index contributed by atoms with van der Waals surface area (Å²) in [6, 6.07) is 7.17. The van der Waals surface area contributed by atoms with Gasteiger partial charge in [0.2, 0.25) is 0 Å². The second kappa shape index (κ2) is 6.15. The lowest BCUT2D eigenvalue weighted by molar-refractivity contribution is 0.211. The van der Waals surface area contributed by atoms with Crippen LogP contribution in [0.4, 0.5) is 0 Å². The fourth-order valence-corrected chi connectivity index (χ4v) is 3.91. The van der Waals surface area contributed by atoms with Gasteiger partial charge in [0.15, 0.2) is 0 Å². The number of nitrogens with zero attached hydrogens (tertiary/aromatic N) is 2. The normalized spacial score (nSPS) is 18.1. The fourth-order valence-electron chi connectivity index (χ4n) is 3.36. The molecule has 1 fully saturated rings. The topological polar surface area (TPSA) is 36.3 Å². The third-order valence-electron chi connectivity index (χ3n) is 4.31. The van der Waals surface area contributed by atoms with Crippen LogP contribution in [0.1, 0.15) is 36.8 Å². The number of fused-ring (bicyclic) bond motifs is 1. The Morgan fingerprint density at radius 3 is 2.90 bits per heavy atom. The van der Waals surface area contributed by atoms with Gasteiger partial charge in [-0.05, 0) is 30.5 Å². The lowest BCUT2D eigenvalue weighted by Crippen LogP contribution is -2.33. The number of nitriles is 1. The predicted octanol–water partition coefficient (Wildman–Crippen LogP) is 3.65. The van der Waals surface area contributed by atoms with E-state index in [1.54, 1.807) is 0 Å². The first-order valence-electron chi connectivity index (χ1n) is 7.33. The molecular weight excluding hydrogens is 316 g/mol. The third-order valence-corrected chi connectivity index (χ3v) is 4.77. The van der Waals surface area contributed by atoms with Crippen molar-refractivity contribution in [1.82, 2.24) is 4.90 Å². The zero-order valence-electron chi connectivity index (χ0n) is 11.6. The van der Waals surface area contributed by atoms with E-state index in [9.17, 15) is 0 Å². The van der Waals surface area contributed by atoms with E-state index in [-0.39, 0.29) is 0 Å². The molecule has 0 bridgehead atoms. The molecule has 1 saturated carbocycles. The Labute approximate surface area is 128 Å². The molecule has 2 aliphatic rings. The molecule has 106 valence electrons. The molecule has 1 heterocycles. The Kier molecular flexibility index (Phi) is 4.28. The first-order chi connectivity index (χ1) is 9.78. The van der Waals surface area contributed by atoms with E-state index >= 15 is 0 Å². The quantitative estimate of drug-likeness (QED) is 0.788. The first-order valence-corrected chi connectivity index (χ1v) is 8.12. The molecular formula is C16H19BrN2O. The van der Waals surface area contributed by atoms with Gasteiger partial charge in [-0.1, -0.05) is 28.8 Å². The van der Waals surface area contributed by atoms with Crippen LogP contribution in [-0.4, -0.2) is 24.1 Å². The van der Waals surface area contributed by atoms with Gasteiger partial charge in [0.1, 0.15) is 5.75 Å². The van der Waals surface area contributed by atoms with Crippen molar-refractivity contribution in [3.63, 3.8) is 0 Å². The maximum atomic E-state index is 9.09. The van der Waals surface area contributed by atoms with Gasteiger partial charge in [-0.2, -0.15) is 5.26 Å². The highest BCUT2D eigenvalue weighted by Crippen LogP contribution is 2.35. The second-order valence-corrected chi connectivity index (χ2v) is 6.57. The molecule has 0 spiro atoms. The number of hydrogen-bond donors (Lipinski definition) is 0. The molecule has 3 rings (SSSR count). The summed E-state index contributed by atoms with van der Waals surface area (Å²) in [7, 11) is 0. The minimum Gasteiger partial charge on any atom is -0.493 e. The SMILES string of the molecule is N#CCN(Cc1cc(Br)cc2c1OCC2)C1CCCC1. The Morgan fingerprint density at radius 2 is 2.15 bits per heavy atom. The minimum atomic E-state index is 0.506. The molecule has 20 heavy (non-hydrogen) atoms. The van der Waals surface area contributed by atoms with Crippen LogP contribution in [0, 0.1) is 11.3 Å². The first kappa shape index (κ1) is 13.9. The van der Waals surface area contributed by atoms with Crippen LogP contribution in [-0.2, 0) is 13.0 Å². The largest absolute Gasteiger partial charge is 0.493 e. The lowest BCUT2D eigenvalue weighted by Gasteiger charge is -2.27. The van der Waals surface area contributed by atoms with Crippen LogP contribution in [0.5, 0.6) is 5.75 Å². The van der Waals surface area contributed by atoms with Gasteiger partial charge in [0.05, 0.1) is 19.2 Å². The summed E-state index contributed by atoms with van der Waals surface area (Å²) < 4.78 is 6.91. The maximum Gasteiger partial charge on any atom is 0.127 e. The summed E-state index contributed by atoms with van der Waals surface area (Å²) in [5.41, 5.74) is 2.51. The highest BCUT2D eigenvalue weighted by atomic mass is 79.9. The van der Waals surface area contributed by atoms with E-state index in [0.717, 1.165) is 29.8 Å². The van der Waals surface area contributed by atoms with E-state index in [1.807, 2.05) is 0 Å². The van der Waals surface area contributed by atoms with Crippen LogP contribution >= 0.6 is 15.9 Å². The van der Waals surface area contributed by atoms with Gasteiger partial charge < -0.3 is 4.74 Å². The summed E-state index contributed by atoms with van der Waals surface area (Å²) in [6.45, 7) is 2.10. The third kappa shape index (κ3) is 2.84. The molecule has 0 radical (unpaired) electrons. The smallest absolute Gasteiger partial charge is 0.127 e. The van der Waals surface area contributed by atoms with Crippen LogP contribution in [0.15, 0.2) is 16.6 Å². The van der Waals surface area contributed by atoms with Crippen LogP contribution in [0.25, 0.3) is 0 Å². The Morgan fingerprint density at radius 1 is 1.35 bits per heavy atom. The van der Waals surface area contributed by atoms with Gasteiger partial charge in [-0.3, -0.25) is 4.90 Å². The molecule has 0 amide bonds. The van der Waals surface area contributed by atoms with Gasteiger partial charge in [-0.15, -0.1) is 0 Å². The Hall–Kier alpha value is -1.05. The van der Waals surface area contributed by atoms with Crippen molar-refractivity contribution in [1.29, 1.82) is 5.26 Å². The van der Waals surface area contributed by atoms with Crippen LogP contribution in [0.3, 0.4) is 0 Å². The zero-order chi connectivity index (χ0) is 13.9. The summed E-state index contributed by atoms with van der Waals surface area (Å²) >= 11 is 3.59. The standard InChI is InChI=1S/C16H19BrN2O/c17-14-9-12-5-8-20-16(12)13(10-14)11-19(7-6-18)15-3-1-2-4-15/h9-10,15H,1-5,7-8,11H2. The molecule has 1 aliphatic carbocycles. The van der Waals surface area contributed by atoms with Gasteiger partial charge in [0.25, 0.3) is 0 Å². The average Bonchev–Trinajstić information content (AvgIpc) is 3.08.